The lowest BCUT2D eigenvalue weighted by atomic mass is 9.67. The minimum atomic E-state index is 0. The van der Waals surface area contributed by atoms with Crippen LogP contribution in [-0.4, -0.2) is 23.0 Å². The zero-order valence-corrected chi connectivity index (χ0v) is 17.9. The van der Waals surface area contributed by atoms with Crippen LogP contribution in [0.3, 0.4) is 0 Å². The number of carbonyl (C=O) groups excluding carboxylic acids is 1. The van der Waals surface area contributed by atoms with Crippen LogP contribution in [0.2, 0.25) is 0 Å². The fourth-order valence-corrected chi connectivity index (χ4v) is 6.12. The van der Waals surface area contributed by atoms with Crippen LogP contribution in [0, 0.1) is 18.8 Å². The zero-order chi connectivity index (χ0) is 16.7. The molecule has 2 heterocycles. The monoisotopic (exact) mass is 433 g/mol. The summed E-state index contributed by atoms with van der Waals surface area (Å²) in [7, 11) is 0. The van der Waals surface area contributed by atoms with E-state index in [2.05, 4.69) is 16.4 Å². The van der Waals surface area contributed by atoms with Crippen LogP contribution in [0.1, 0.15) is 47.5 Å². The SMILES string of the molecule is Cc1nc(-c2cccs2)sc1C(=O)NC1C2CCCC1CC(N)C2.Cl.Cl. The van der Waals surface area contributed by atoms with E-state index in [0.29, 0.717) is 17.9 Å². The summed E-state index contributed by atoms with van der Waals surface area (Å²) >= 11 is 3.17. The van der Waals surface area contributed by atoms with Gasteiger partial charge in [-0.1, -0.05) is 12.5 Å². The third-order valence-electron chi connectivity index (χ3n) is 5.41. The lowest BCUT2D eigenvalue weighted by Crippen LogP contribution is -2.53. The topological polar surface area (TPSA) is 68.0 Å². The summed E-state index contributed by atoms with van der Waals surface area (Å²) in [6.45, 7) is 1.93. The van der Waals surface area contributed by atoms with Crippen molar-refractivity contribution in [1.29, 1.82) is 0 Å². The molecule has 0 aliphatic heterocycles. The highest BCUT2D eigenvalue weighted by Gasteiger charge is 2.40. The standard InChI is InChI=1S/C18H23N3OS2.2ClH/c1-10-16(24-18(20-10)14-6-3-7-23-14)17(22)21-15-11-4-2-5-12(15)9-13(19)8-11;;/h3,6-7,11-13,15H,2,4-5,8-9,19H2,1H3,(H,21,22);2*1H. The van der Waals surface area contributed by atoms with Crippen molar-refractivity contribution < 1.29 is 4.79 Å². The lowest BCUT2D eigenvalue weighted by molar-refractivity contribution is 0.0759. The molecule has 4 nitrogen and oxygen atoms in total. The molecule has 0 spiro atoms. The molecule has 8 heteroatoms. The van der Waals surface area contributed by atoms with Crippen molar-refractivity contribution in [2.45, 2.75) is 51.1 Å². The predicted octanol–water partition coefficient (Wildman–Crippen LogP) is 4.66. The Morgan fingerprint density at radius 3 is 2.58 bits per heavy atom. The first kappa shape index (κ1) is 21.6. The smallest absolute Gasteiger partial charge is 0.263 e. The van der Waals surface area contributed by atoms with Crippen molar-refractivity contribution in [1.82, 2.24) is 10.3 Å². The molecule has 2 bridgehead atoms. The van der Waals surface area contributed by atoms with E-state index in [9.17, 15) is 4.79 Å². The summed E-state index contributed by atoms with van der Waals surface area (Å²) < 4.78 is 0. The number of nitrogens with two attached hydrogens (primary N) is 1. The molecule has 2 aliphatic carbocycles. The molecule has 2 aromatic heterocycles. The van der Waals surface area contributed by atoms with Gasteiger partial charge >= 0.3 is 0 Å². The van der Waals surface area contributed by atoms with Gasteiger partial charge in [0, 0.05) is 12.1 Å². The Hall–Kier alpha value is -0.660. The predicted molar refractivity (Wildman–Crippen MR) is 114 cm³/mol. The number of aryl methyl sites for hydroxylation is 1. The number of aromatic nitrogens is 1. The number of thiazole rings is 1. The van der Waals surface area contributed by atoms with Gasteiger partial charge in [-0.2, -0.15) is 0 Å². The first-order chi connectivity index (χ1) is 11.6. The molecule has 2 saturated carbocycles. The summed E-state index contributed by atoms with van der Waals surface area (Å²) in [5.74, 6) is 1.13. The summed E-state index contributed by atoms with van der Waals surface area (Å²) in [4.78, 5) is 19.3. The van der Waals surface area contributed by atoms with E-state index in [1.165, 1.54) is 30.6 Å². The highest BCUT2D eigenvalue weighted by molar-refractivity contribution is 7.22. The Morgan fingerprint density at radius 1 is 1.27 bits per heavy atom. The van der Waals surface area contributed by atoms with Crippen molar-refractivity contribution >= 4 is 53.4 Å². The number of nitrogens with one attached hydrogen (secondary N) is 1. The Bertz CT molecular complexity index is 721. The second kappa shape index (κ2) is 9.02. The van der Waals surface area contributed by atoms with Crippen LogP contribution in [0.15, 0.2) is 17.5 Å². The van der Waals surface area contributed by atoms with Gasteiger partial charge in [0.2, 0.25) is 0 Å². The van der Waals surface area contributed by atoms with Gasteiger partial charge in [0.05, 0.1) is 10.6 Å². The van der Waals surface area contributed by atoms with E-state index >= 15 is 0 Å². The Balaban J connectivity index is 0.00000121. The van der Waals surface area contributed by atoms with E-state index in [1.807, 2.05) is 18.4 Å². The first-order valence-electron chi connectivity index (χ1n) is 8.69. The molecule has 2 unspecified atom stereocenters. The number of rotatable bonds is 3. The average molecular weight is 434 g/mol. The second-order valence-corrected chi connectivity index (χ2v) is 9.04. The maximum Gasteiger partial charge on any atom is 0.263 e. The molecule has 2 aromatic rings. The zero-order valence-electron chi connectivity index (χ0n) is 14.6. The number of amides is 1. The molecule has 4 rings (SSSR count). The molecular weight excluding hydrogens is 409 g/mol. The third kappa shape index (κ3) is 4.25. The Kier molecular flexibility index (Phi) is 7.51. The molecular formula is C18H25Cl2N3OS2. The maximum atomic E-state index is 12.9. The lowest BCUT2D eigenvalue weighted by Gasteiger charge is -2.45. The van der Waals surface area contributed by atoms with E-state index in [1.54, 1.807) is 11.3 Å². The quantitative estimate of drug-likeness (QED) is 0.739. The van der Waals surface area contributed by atoms with Crippen molar-refractivity contribution in [3.63, 3.8) is 0 Å². The average Bonchev–Trinajstić information content (AvgIpc) is 3.17. The minimum Gasteiger partial charge on any atom is -0.348 e. The van der Waals surface area contributed by atoms with Crippen molar-refractivity contribution in [3.8, 4) is 9.88 Å². The highest BCUT2D eigenvalue weighted by atomic mass is 35.5. The minimum absolute atomic E-state index is 0. The number of fused-ring (bicyclic) bond motifs is 2. The van der Waals surface area contributed by atoms with Crippen molar-refractivity contribution in [2.75, 3.05) is 0 Å². The van der Waals surface area contributed by atoms with Crippen molar-refractivity contribution in [2.24, 2.45) is 17.6 Å². The van der Waals surface area contributed by atoms with Gasteiger partial charge in [-0.25, -0.2) is 4.98 Å². The summed E-state index contributed by atoms with van der Waals surface area (Å²) in [5, 5.41) is 6.32. The number of carbonyl (C=O) groups is 1. The van der Waals surface area contributed by atoms with Crippen LogP contribution in [0.5, 0.6) is 0 Å². The van der Waals surface area contributed by atoms with E-state index < -0.39 is 0 Å². The van der Waals surface area contributed by atoms with E-state index in [0.717, 1.165) is 33.3 Å². The number of nitrogens with zero attached hydrogens (tertiary/aromatic N) is 1. The first-order valence-corrected chi connectivity index (χ1v) is 10.4. The molecule has 0 aromatic carbocycles. The number of hydrogen-bond donors (Lipinski definition) is 2. The largest absolute Gasteiger partial charge is 0.348 e. The van der Waals surface area contributed by atoms with Crippen LogP contribution in [-0.2, 0) is 0 Å². The summed E-state index contributed by atoms with van der Waals surface area (Å²) in [6.07, 6.45) is 5.75. The third-order valence-corrected chi connectivity index (χ3v) is 7.60. The number of halogens is 2. The number of thiophene rings is 1. The fourth-order valence-electron chi connectivity index (χ4n) is 4.35. The molecule has 0 radical (unpaired) electrons. The molecule has 144 valence electrons. The molecule has 1 amide bonds. The van der Waals surface area contributed by atoms with Gasteiger partial charge < -0.3 is 11.1 Å². The fraction of sp³-hybridized carbons (Fsp3) is 0.556. The molecule has 2 fully saturated rings. The Morgan fingerprint density at radius 2 is 1.96 bits per heavy atom. The van der Waals surface area contributed by atoms with E-state index in [4.69, 9.17) is 5.73 Å². The van der Waals surface area contributed by atoms with Crippen molar-refractivity contribution in [3.05, 3.63) is 28.1 Å². The van der Waals surface area contributed by atoms with Crippen LogP contribution in [0.25, 0.3) is 9.88 Å². The summed E-state index contributed by atoms with van der Waals surface area (Å²) in [6, 6.07) is 4.67. The summed E-state index contributed by atoms with van der Waals surface area (Å²) in [5.41, 5.74) is 7.02. The maximum absolute atomic E-state index is 12.9. The van der Waals surface area contributed by atoms with Gasteiger partial charge in [0.25, 0.3) is 5.91 Å². The second-order valence-electron chi connectivity index (χ2n) is 7.09. The highest BCUT2D eigenvalue weighted by Crippen LogP contribution is 2.40. The molecule has 3 N–H and O–H groups in total. The van der Waals surface area contributed by atoms with Gasteiger partial charge in [0.1, 0.15) is 9.88 Å². The molecule has 26 heavy (non-hydrogen) atoms. The van der Waals surface area contributed by atoms with Crippen LogP contribution < -0.4 is 11.1 Å². The number of hydrogen-bond acceptors (Lipinski definition) is 5. The van der Waals surface area contributed by atoms with Crippen LogP contribution in [0.4, 0.5) is 0 Å². The van der Waals surface area contributed by atoms with Gasteiger partial charge in [-0.15, -0.1) is 47.5 Å². The molecule has 0 saturated heterocycles. The van der Waals surface area contributed by atoms with Gasteiger partial charge in [-0.3, -0.25) is 4.79 Å². The molecule has 2 atom stereocenters. The molecule has 2 aliphatic rings. The van der Waals surface area contributed by atoms with Crippen LogP contribution >= 0.6 is 47.5 Å². The van der Waals surface area contributed by atoms with Gasteiger partial charge in [0.15, 0.2) is 0 Å². The Labute approximate surface area is 174 Å². The van der Waals surface area contributed by atoms with Gasteiger partial charge in [-0.05, 0) is 55.9 Å². The normalized spacial score (nSPS) is 27.2. The van der Waals surface area contributed by atoms with E-state index in [-0.39, 0.29) is 36.8 Å².